The number of piperidine rings is 2. The van der Waals surface area contributed by atoms with E-state index in [1.807, 2.05) is 6.07 Å². The molecule has 1 aromatic carbocycles. The van der Waals surface area contributed by atoms with Crippen LogP contribution in [0.2, 0.25) is 0 Å². The lowest BCUT2D eigenvalue weighted by molar-refractivity contribution is -0.254. The molecule has 14 atom stereocenters. The Kier molecular flexibility index (Phi) is 4.53. The minimum atomic E-state index is -0.691. The van der Waals surface area contributed by atoms with Gasteiger partial charge in [-0.25, -0.2) is 4.79 Å². The number of rotatable bonds is 4. The summed E-state index contributed by atoms with van der Waals surface area (Å²) in [6.07, 6.45) is -0.268. The molecule has 1 unspecified atom stereocenters. The molecule has 3 saturated heterocycles. The predicted molar refractivity (Wildman–Crippen MR) is 137 cm³/mol. The number of aliphatic hydroxyl groups excluding tert-OH is 1. The molecule has 1 N–H and O–H groups in total. The van der Waals surface area contributed by atoms with Crippen LogP contribution < -0.4 is 0 Å². The van der Waals surface area contributed by atoms with Gasteiger partial charge in [0.05, 0.1) is 11.7 Å². The van der Waals surface area contributed by atoms with Crippen LogP contribution in [0.25, 0.3) is 0 Å². The fraction of sp³-hybridized carbons (Fsp3) is 0.645. The molecule has 0 amide bonds. The molecule has 8 nitrogen and oxygen atoms in total. The van der Waals surface area contributed by atoms with E-state index in [4.69, 9.17) is 14.2 Å². The van der Waals surface area contributed by atoms with Gasteiger partial charge in [-0.15, -0.1) is 0 Å². The zero-order valence-electron chi connectivity index (χ0n) is 22.5. The van der Waals surface area contributed by atoms with Crippen molar-refractivity contribution in [2.75, 3.05) is 6.54 Å². The normalized spacial score (nSPS) is 52.6. The lowest BCUT2D eigenvalue weighted by atomic mass is 9.39. The van der Waals surface area contributed by atoms with Crippen LogP contribution in [-0.2, 0) is 23.8 Å². The van der Waals surface area contributed by atoms with Gasteiger partial charge >= 0.3 is 17.9 Å². The number of aliphatic hydroxyl groups is 1. The molecule has 8 heteroatoms. The Morgan fingerprint density at radius 2 is 1.74 bits per heavy atom. The first-order valence-corrected chi connectivity index (χ1v) is 14.3. The lowest BCUT2D eigenvalue weighted by Crippen LogP contribution is -2.71. The highest BCUT2D eigenvalue weighted by Crippen LogP contribution is 2.87. The molecular weight excluding hydrogens is 498 g/mol. The van der Waals surface area contributed by atoms with Crippen molar-refractivity contribution >= 4 is 17.9 Å². The molecule has 206 valence electrons. The van der Waals surface area contributed by atoms with Crippen LogP contribution in [0.3, 0.4) is 0 Å². The van der Waals surface area contributed by atoms with Crippen molar-refractivity contribution in [2.45, 2.75) is 76.5 Å². The Morgan fingerprint density at radius 3 is 2.44 bits per heavy atom. The van der Waals surface area contributed by atoms with Crippen LogP contribution in [0, 0.1) is 39.9 Å². The zero-order chi connectivity index (χ0) is 27.2. The summed E-state index contributed by atoms with van der Waals surface area (Å²) in [5, 5.41) is 11.9. The molecule has 6 aliphatic carbocycles. The Balaban J connectivity index is 1.32. The van der Waals surface area contributed by atoms with Crippen LogP contribution in [-0.4, -0.2) is 71.0 Å². The van der Waals surface area contributed by atoms with Crippen molar-refractivity contribution in [1.82, 2.24) is 4.90 Å². The molecule has 9 bridgehead atoms. The number of hydrogen-bond donors (Lipinski definition) is 1. The van der Waals surface area contributed by atoms with Crippen molar-refractivity contribution in [3.8, 4) is 0 Å². The quantitative estimate of drug-likeness (QED) is 0.358. The molecule has 6 saturated carbocycles. The van der Waals surface area contributed by atoms with Gasteiger partial charge in [-0.05, 0) is 48.1 Å². The zero-order valence-corrected chi connectivity index (χ0v) is 22.5. The second-order valence-corrected chi connectivity index (χ2v) is 13.7. The van der Waals surface area contributed by atoms with Gasteiger partial charge in [0.1, 0.15) is 18.3 Å². The van der Waals surface area contributed by atoms with Crippen molar-refractivity contribution in [2.24, 2.45) is 39.9 Å². The second kappa shape index (κ2) is 7.32. The van der Waals surface area contributed by atoms with Gasteiger partial charge in [0.25, 0.3) is 0 Å². The van der Waals surface area contributed by atoms with E-state index in [2.05, 4.69) is 18.4 Å². The van der Waals surface area contributed by atoms with Gasteiger partial charge in [-0.2, -0.15) is 0 Å². The molecule has 1 aromatic rings. The molecule has 0 aromatic heterocycles. The van der Waals surface area contributed by atoms with E-state index >= 15 is 0 Å². The van der Waals surface area contributed by atoms with E-state index in [-0.39, 0.29) is 46.5 Å². The molecule has 3 aliphatic heterocycles. The van der Waals surface area contributed by atoms with Gasteiger partial charge in [0.15, 0.2) is 0 Å². The predicted octanol–water partition coefficient (Wildman–Crippen LogP) is 2.74. The topological polar surface area (TPSA) is 102 Å². The highest BCUT2D eigenvalue weighted by Gasteiger charge is 2.93. The average molecular weight is 534 g/mol. The molecule has 10 rings (SSSR count). The van der Waals surface area contributed by atoms with Crippen LogP contribution in [0.4, 0.5) is 0 Å². The molecule has 9 aliphatic rings. The van der Waals surface area contributed by atoms with E-state index in [0.717, 1.165) is 25.0 Å². The fourth-order valence-electron chi connectivity index (χ4n) is 12.1. The maximum Gasteiger partial charge on any atom is 0.338 e. The van der Waals surface area contributed by atoms with Crippen molar-refractivity contribution in [3.05, 3.63) is 48.0 Å². The molecule has 0 radical (unpaired) electrons. The lowest BCUT2D eigenvalue weighted by Gasteiger charge is -2.67. The maximum absolute atomic E-state index is 13.4. The van der Waals surface area contributed by atoms with Crippen molar-refractivity contribution < 1.29 is 33.7 Å². The number of esters is 3. The Bertz CT molecular complexity index is 1330. The standard InChI is InChI=1S/C31H35NO7/c1-14-10-30-11-18-24-29(4)12-19(39-28(36)17-8-6-5-7-9-17)27(38-16(3)34)31(24)25(30)23(37-15(2)33)20(14)22(35)21(30)26(31)32(18)13-29/h5-9,18-27,35H,1,10-13H2,2-4H3/t18-,19+,20-,21+,22-,23+,24-,25-,26-,27-,29+,30-,31+/m1/s1. The molecule has 39 heavy (non-hydrogen) atoms. The first kappa shape index (κ1) is 24.1. The first-order chi connectivity index (χ1) is 18.5. The molecule has 3 heterocycles. The Labute approximate surface area is 227 Å². The number of nitrogens with zero attached hydrogens (tertiary/aromatic N) is 1. The fourth-order valence-corrected chi connectivity index (χ4v) is 12.1. The second-order valence-electron chi connectivity index (χ2n) is 13.7. The third-order valence-electron chi connectivity index (χ3n) is 12.1. The van der Waals surface area contributed by atoms with Crippen LogP contribution in [0.1, 0.15) is 50.4 Å². The summed E-state index contributed by atoms with van der Waals surface area (Å²) in [5.41, 5.74) is 0.361. The monoisotopic (exact) mass is 533 g/mol. The first-order valence-electron chi connectivity index (χ1n) is 14.3. The summed E-state index contributed by atoms with van der Waals surface area (Å²) < 4.78 is 18.7. The van der Waals surface area contributed by atoms with Gasteiger partial charge < -0.3 is 19.3 Å². The number of fused-ring (bicyclic) bond motifs is 1. The minimum Gasteiger partial charge on any atom is -0.461 e. The number of carbonyl (C=O) groups is 3. The summed E-state index contributed by atoms with van der Waals surface area (Å²) in [7, 11) is 0. The summed E-state index contributed by atoms with van der Waals surface area (Å²) >= 11 is 0. The Morgan fingerprint density at radius 1 is 1.03 bits per heavy atom. The molecule has 9 fully saturated rings. The van der Waals surface area contributed by atoms with E-state index in [0.29, 0.717) is 18.0 Å². The highest BCUT2D eigenvalue weighted by atomic mass is 16.6. The van der Waals surface area contributed by atoms with Crippen LogP contribution in [0.15, 0.2) is 42.5 Å². The maximum atomic E-state index is 13.4. The van der Waals surface area contributed by atoms with Gasteiger partial charge in [-0.3, -0.25) is 14.5 Å². The van der Waals surface area contributed by atoms with Crippen molar-refractivity contribution in [3.63, 3.8) is 0 Å². The van der Waals surface area contributed by atoms with E-state index in [1.165, 1.54) is 13.8 Å². The van der Waals surface area contributed by atoms with E-state index in [9.17, 15) is 19.5 Å². The van der Waals surface area contributed by atoms with Gasteiger partial charge in [0.2, 0.25) is 0 Å². The van der Waals surface area contributed by atoms with E-state index in [1.54, 1.807) is 24.3 Å². The number of benzene rings is 1. The third kappa shape index (κ3) is 2.57. The van der Waals surface area contributed by atoms with Gasteiger partial charge in [-0.1, -0.05) is 37.3 Å². The van der Waals surface area contributed by atoms with E-state index < -0.39 is 41.8 Å². The largest absolute Gasteiger partial charge is 0.461 e. The minimum absolute atomic E-state index is 0.0303. The number of carbonyl (C=O) groups excluding carboxylic acids is 3. The summed E-state index contributed by atoms with van der Waals surface area (Å²) in [6.45, 7) is 10.3. The molecule has 2 spiro atoms. The number of hydrogen-bond acceptors (Lipinski definition) is 8. The summed E-state index contributed by atoms with van der Waals surface area (Å²) in [6, 6.07) is 9.17. The van der Waals surface area contributed by atoms with Crippen molar-refractivity contribution in [1.29, 1.82) is 0 Å². The third-order valence-corrected chi connectivity index (χ3v) is 12.1. The molecular formula is C31H35NO7. The SMILES string of the molecule is C=C1C[C@]23C[C@@H]4[C@@H]5[C@@]6(C)C[C@H](OC(=O)c7ccccc7)[C@@H](OC(C)=O)[C@]57[C@@H]2[C@@H](OC(C)=O)[C@H]1[C@@H](O)[C@H]3[C@H]7N4C6. The summed E-state index contributed by atoms with van der Waals surface area (Å²) in [5.74, 6) is -1.54. The van der Waals surface area contributed by atoms with Crippen LogP contribution in [0.5, 0.6) is 0 Å². The number of ether oxygens (including phenoxy) is 3. The van der Waals surface area contributed by atoms with Gasteiger partial charge in [0, 0.05) is 55.6 Å². The van der Waals surface area contributed by atoms with Crippen LogP contribution >= 0.6 is 0 Å². The Hall–Kier alpha value is -2.71. The summed E-state index contributed by atoms with van der Waals surface area (Å²) in [4.78, 5) is 41.2. The highest BCUT2D eigenvalue weighted by molar-refractivity contribution is 5.89. The smallest absolute Gasteiger partial charge is 0.338 e. The average Bonchev–Trinajstić information content (AvgIpc) is 3.30.